The lowest BCUT2D eigenvalue weighted by Gasteiger charge is -2.21. The summed E-state index contributed by atoms with van der Waals surface area (Å²) in [7, 11) is 0. The van der Waals surface area contributed by atoms with Crippen LogP contribution in [0.5, 0.6) is 0 Å². The van der Waals surface area contributed by atoms with E-state index in [-0.39, 0.29) is 0 Å². The van der Waals surface area contributed by atoms with Gasteiger partial charge in [0.05, 0.1) is 16.6 Å². The highest BCUT2D eigenvalue weighted by Crippen LogP contribution is 2.31. The first kappa shape index (κ1) is 13.0. The predicted molar refractivity (Wildman–Crippen MR) is 80.6 cm³/mol. The van der Waals surface area contributed by atoms with Crippen LogP contribution in [0.2, 0.25) is 0 Å². The monoisotopic (exact) mass is 276 g/mol. The molecule has 102 valence electrons. The number of thioether (sulfide) groups is 1. The third-order valence-electron chi connectivity index (χ3n) is 3.75. The van der Waals surface area contributed by atoms with Crippen molar-refractivity contribution in [2.24, 2.45) is 0 Å². The Morgan fingerprint density at radius 3 is 3.00 bits per heavy atom. The van der Waals surface area contributed by atoms with Gasteiger partial charge >= 0.3 is 0 Å². The third kappa shape index (κ3) is 2.51. The average molecular weight is 276 g/mol. The van der Waals surface area contributed by atoms with Crippen molar-refractivity contribution >= 4 is 22.8 Å². The molecule has 3 nitrogen and oxygen atoms in total. The number of hydrogen-bond acceptors (Lipinski definition) is 3. The molecule has 1 saturated heterocycles. The highest BCUT2D eigenvalue weighted by molar-refractivity contribution is 7.99. The first-order valence-corrected chi connectivity index (χ1v) is 8.11. The first-order chi connectivity index (χ1) is 9.22. The Kier molecular flexibility index (Phi) is 3.54. The predicted octanol–water partition coefficient (Wildman–Crippen LogP) is 2.86. The van der Waals surface area contributed by atoms with Crippen LogP contribution in [0, 0.1) is 0 Å². The summed E-state index contributed by atoms with van der Waals surface area (Å²) in [4.78, 5) is 4.73. The van der Waals surface area contributed by atoms with Gasteiger partial charge in [0.15, 0.2) is 0 Å². The van der Waals surface area contributed by atoms with E-state index in [9.17, 15) is 5.11 Å². The summed E-state index contributed by atoms with van der Waals surface area (Å²) in [6.07, 6.45) is 2.64. The molecule has 0 aliphatic carbocycles. The van der Waals surface area contributed by atoms with Crippen molar-refractivity contribution in [3.05, 3.63) is 30.1 Å². The minimum absolute atomic E-state index is 0.558. The highest BCUT2D eigenvalue weighted by Gasteiger charge is 2.33. The van der Waals surface area contributed by atoms with Gasteiger partial charge in [-0.05, 0) is 30.7 Å². The number of para-hydroxylation sites is 2. The number of hydrogen-bond donors (Lipinski definition) is 1. The van der Waals surface area contributed by atoms with Crippen LogP contribution in [-0.4, -0.2) is 31.8 Å². The minimum atomic E-state index is -0.558. The first-order valence-electron chi connectivity index (χ1n) is 6.96. The smallest absolute Gasteiger partial charge is 0.112 e. The largest absolute Gasteiger partial charge is 0.389 e. The van der Waals surface area contributed by atoms with Gasteiger partial charge in [0.1, 0.15) is 5.82 Å². The van der Waals surface area contributed by atoms with E-state index in [1.54, 1.807) is 0 Å². The number of aryl methyl sites for hydroxylation is 1. The molecule has 0 bridgehead atoms. The van der Waals surface area contributed by atoms with Gasteiger partial charge in [0.2, 0.25) is 0 Å². The van der Waals surface area contributed by atoms with Crippen molar-refractivity contribution in [1.82, 2.24) is 9.55 Å². The van der Waals surface area contributed by atoms with Crippen LogP contribution in [-0.2, 0) is 13.0 Å². The summed E-state index contributed by atoms with van der Waals surface area (Å²) in [6.45, 7) is 3.15. The van der Waals surface area contributed by atoms with E-state index in [1.165, 1.54) is 5.52 Å². The molecule has 0 saturated carbocycles. The zero-order valence-corrected chi connectivity index (χ0v) is 12.1. The molecule has 1 aliphatic rings. The van der Waals surface area contributed by atoms with Crippen LogP contribution >= 0.6 is 11.8 Å². The van der Waals surface area contributed by atoms with E-state index in [2.05, 4.69) is 29.7 Å². The Labute approximate surface area is 118 Å². The van der Waals surface area contributed by atoms with E-state index in [0.717, 1.165) is 42.2 Å². The fraction of sp³-hybridized carbons (Fsp3) is 0.533. The summed E-state index contributed by atoms with van der Waals surface area (Å²) in [5.74, 6) is 2.93. The summed E-state index contributed by atoms with van der Waals surface area (Å²) < 4.78 is 2.27. The zero-order valence-electron chi connectivity index (χ0n) is 11.3. The summed E-state index contributed by atoms with van der Waals surface area (Å²) in [5, 5.41) is 10.6. The maximum atomic E-state index is 10.6. The fourth-order valence-electron chi connectivity index (χ4n) is 2.76. The maximum absolute atomic E-state index is 10.6. The Bertz CT molecular complexity index is 573. The molecule has 2 heterocycles. The number of benzene rings is 1. The second-order valence-electron chi connectivity index (χ2n) is 5.37. The molecule has 1 fully saturated rings. The van der Waals surface area contributed by atoms with Gasteiger partial charge in [-0.2, -0.15) is 11.8 Å². The zero-order chi connectivity index (χ0) is 13.3. The molecule has 4 heteroatoms. The Morgan fingerprint density at radius 2 is 2.26 bits per heavy atom. The van der Waals surface area contributed by atoms with Crippen LogP contribution in [0.15, 0.2) is 24.3 Å². The standard InChI is InChI=1S/C15H20N2OS/c1-2-8-17-13-6-4-3-5-12(13)16-14(17)10-15(18)7-9-19-11-15/h3-6,18H,2,7-11H2,1H3. The second kappa shape index (κ2) is 5.17. The van der Waals surface area contributed by atoms with Gasteiger partial charge in [-0.15, -0.1) is 0 Å². The molecule has 1 aromatic carbocycles. The number of aliphatic hydroxyl groups is 1. The van der Waals surface area contributed by atoms with Gasteiger partial charge in [0.25, 0.3) is 0 Å². The molecule has 3 rings (SSSR count). The quantitative estimate of drug-likeness (QED) is 0.933. The molecule has 0 spiro atoms. The number of aromatic nitrogens is 2. The van der Waals surface area contributed by atoms with Gasteiger partial charge in [0, 0.05) is 18.7 Å². The third-order valence-corrected chi connectivity index (χ3v) is 4.98. The number of fused-ring (bicyclic) bond motifs is 1. The molecule has 19 heavy (non-hydrogen) atoms. The second-order valence-corrected chi connectivity index (χ2v) is 6.48. The molecule has 2 aromatic rings. The van der Waals surface area contributed by atoms with Gasteiger partial charge in [-0.3, -0.25) is 0 Å². The summed E-state index contributed by atoms with van der Waals surface area (Å²) in [6, 6.07) is 8.25. The lowest BCUT2D eigenvalue weighted by Crippen LogP contribution is -2.32. The lowest BCUT2D eigenvalue weighted by molar-refractivity contribution is 0.0657. The van der Waals surface area contributed by atoms with Gasteiger partial charge < -0.3 is 9.67 Å². The highest BCUT2D eigenvalue weighted by atomic mass is 32.2. The van der Waals surface area contributed by atoms with Crippen LogP contribution < -0.4 is 0 Å². The molecule has 1 N–H and O–H groups in total. The Balaban J connectivity index is 1.99. The van der Waals surface area contributed by atoms with E-state index < -0.39 is 5.60 Å². The average Bonchev–Trinajstić information content (AvgIpc) is 2.96. The van der Waals surface area contributed by atoms with Crippen LogP contribution in [0.3, 0.4) is 0 Å². The van der Waals surface area contributed by atoms with Crippen LogP contribution in [0.4, 0.5) is 0 Å². The summed E-state index contributed by atoms with van der Waals surface area (Å²) >= 11 is 1.84. The molecule has 1 unspecified atom stereocenters. The van der Waals surface area contributed by atoms with Crippen LogP contribution in [0.25, 0.3) is 11.0 Å². The van der Waals surface area contributed by atoms with E-state index in [1.807, 2.05) is 17.8 Å². The van der Waals surface area contributed by atoms with Crippen molar-refractivity contribution in [2.45, 2.75) is 38.3 Å². The molecule has 1 aromatic heterocycles. The molecule has 1 atom stereocenters. The SMILES string of the molecule is CCCn1c(CC2(O)CCSC2)nc2ccccc21. The maximum Gasteiger partial charge on any atom is 0.112 e. The Morgan fingerprint density at radius 1 is 1.42 bits per heavy atom. The van der Waals surface area contributed by atoms with Gasteiger partial charge in [-0.25, -0.2) is 4.98 Å². The van der Waals surface area contributed by atoms with Crippen molar-refractivity contribution in [3.8, 4) is 0 Å². The van der Waals surface area contributed by atoms with Gasteiger partial charge in [-0.1, -0.05) is 19.1 Å². The fourth-order valence-corrected chi connectivity index (χ4v) is 4.06. The van der Waals surface area contributed by atoms with Crippen molar-refractivity contribution in [1.29, 1.82) is 0 Å². The lowest BCUT2D eigenvalue weighted by atomic mass is 9.99. The molecular weight excluding hydrogens is 256 g/mol. The molecule has 0 amide bonds. The molecular formula is C15H20N2OS. The molecule has 0 radical (unpaired) electrons. The summed E-state index contributed by atoms with van der Waals surface area (Å²) in [5.41, 5.74) is 1.67. The van der Waals surface area contributed by atoms with E-state index in [0.29, 0.717) is 6.42 Å². The number of rotatable bonds is 4. The van der Waals surface area contributed by atoms with Crippen molar-refractivity contribution < 1.29 is 5.11 Å². The van der Waals surface area contributed by atoms with E-state index in [4.69, 9.17) is 4.98 Å². The topological polar surface area (TPSA) is 38.0 Å². The number of nitrogens with zero attached hydrogens (tertiary/aromatic N) is 2. The van der Waals surface area contributed by atoms with Crippen LogP contribution in [0.1, 0.15) is 25.6 Å². The van der Waals surface area contributed by atoms with Crippen molar-refractivity contribution in [3.63, 3.8) is 0 Å². The van der Waals surface area contributed by atoms with E-state index >= 15 is 0 Å². The minimum Gasteiger partial charge on any atom is -0.389 e. The number of imidazole rings is 1. The normalized spacial score (nSPS) is 23.3. The van der Waals surface area contributed by atoms with Crippen molar-refractivity contribution in [2.75, 3.05) is 11.5 Å². The molecule has 1 aliphatic heterocycles. The Hall–Kier alpha value is -1.00.